The lowest BCUT2D eigenvalue weighted by Gasteiger charge is -2.08. The normalized spacial score (nSPS) is 10.5. The van der Waals surface area contributed by atoms with Gasteiger partial charge >= 0.3 is 5.97 Å². The fourth-order valence-electron chi connectivity index (χ4n) is 1.58. The molecule has 0 atom stereocenters. The van der Waals surface area contributed by atoms with Crippen molar-refractivity contribution >= 4 is 39.5 Å². The minimum atomic E-state index is -0.400. The van der Waals surface area contributed by atoms with Gasteiger partial charge in [0.05, 0.1) is 15.7 Å². The van der Waals surface area contributed by atoms with Gasteiger partial charge in [0.1, 0.15) is 5.52 Å². The highest BCUT2D eigenvalue weighted by Crippen LogP contribution is 2.31. The van der Waals surface area contributed by atoms with Crippen LogP contribution in [-0.4, -0.2) is 22.7 Å². The van der Waals surface area contributed by atoms with E-state index in [2.05, 4.69) is 4.98 Å². The molecule has 1 aromatic carbocycles. The maximum absolute atomic E-state index is 11.8. The van der Waals surface area contributed by atoms with E-state index in [1.54, 1.807) is 31.3 Å². The van der Waals surface area contributed by atoms with E-state index in [9.17, 15) is 9.90 Å². The lowest BCUT2D eigenvalue weighted by atomic mass is 10.1. The van der Waals surface area contributed by atoms with Crippen molar-refractivity contribution in [3.63, 3.8) is 0 Å². The fourth-order valence-corrected chi connectivity index (χ4v) is 2.14. The number of carbonyl (C=O) groups is 1. The summed E-state index contributed by atoms with van der Waals surface area (Å²) in [5, 5.41) is 10.5. The second-order valence-corrected chi connectivity index (χ2v) is 4.54. The maximum atomic E-state index is 11.8. The predicted octanol–water partition coefficient (Wildman–Crippen LogP) is 2.72. The molecule has 1 aromatic heterocycles. The van der Waals surface area contributed by atoms with Gasteiger partial charge in [0.25, 0.3) is 0 Å². The molecule has 88 valence electrons. The van der Waals surface area contributed by atoms with Crippen molar-refractivity contribution in [1.29, 1.82) is 0 Å². The summed E-state index contributed by atoms with van der Waals surface area (Å²) in [6.07, 6.45) is 1.58. The summed E-state index contributed by atoms with van der Waals surface area (Å²) in [4.78, 5) is 15.9. The minimum Gasteiger partial charge on any atom is -0.505 e. The van der Waals surface area contributed by atoms with Crippen molar-refractivity contribution in [2.24, 2.45) is 0 Å². The lowest BCUT2D eigenvalue weighted by Crippen LogP contribution is -2.06. The molecule has 2 aromatic rings. The molecule has 2 rings (SSSR count). The Kier molecular flexibility index (Phi) is 3.46. The zero-order valence-corrected chi connectivity index (χ0v) is 11.3. The third kappa shape index (κ3) is 2.19. The van der Waals surface area contributed by atoms with Crippen LogP contribution in [0.15, 0.2) is 24.4 Å². The summed E-state index contributed by atoms with van der Waals surface area (Å²) in [6, 6.07) is 5.07. The number of nitrogens with zero attached hydrogens (tertiary/aromatic N) is 1. The van der Waals surface area contributed by atoms with Crippen molar-refractivity contribution in [2.75, 3.05) is 6.61 Å². The van der Waals surface area contributed by atoms with Crippen LogP contribution in [0.1, 0.15) is 17.3 Å². The van der Waals surface area contributed by atoms with E-state index >= 15 is 0 Å². The van der Waals surface area contributed by atoms with E-state index < -0.39 is 5.97 Å². The van der Waals surface area contributed by atoms with Crippen LogP contribution in [0.2, 0.25) is 0 Å². The number of carbonyl (C=O) groups excluding carboxylic acids is 1. The highest BCUT2D eigenvalue weighted by Gasteiger charge is 2.16. The van der Waals surface area contributed by atoms with Crippen LogP contribution in [0.5, 0.6) is 5.75 Å². The zero-order valence-electron chi connectivity index (χ0n) is 9.11. The number of hydrogen-bond acceptors (Lipinski definition) is 4. The molecule has 0 bridgehead atoms. The Morgan fingerprint density at radius 2 is 2.35 bits per heavy atom. The average molecular weight is 343 g/mol. The van der Waals surface area contributed by atoms with E-state index in [1.165, 1.54) is 0 Å². The van der Waals surface area contributed by atoms with Crippen molar-refractivity contribution in [3.8, 4) is 5.75 Å². The van der Waals surface area contributed by atoms with Crippen LogP contribution >= 0.6 is 22.6 Å². The number of aromatic nitrogens is 1. The van der Waals surface area contributed by atoms with Crippen LogP contribution in [0, 0.1) is 3.57 Å². The zero-order chi connectivity index (χ0) is 12.4. The monoisotopic (exact) mass is 343 g/mol. The SMILES string of the molecule is CCOC(=O)c1cc(I)c(O)c2ncccc12. The summed E-state index contributed by atoms with van der Waals surface area (Å²) in [5.74, 6) is -0.308. The van der Waals surface area contributed by atoms with E-state index in [0.717, 1.165) is 0 Å². The smallest absolute Gasteiger partial charge is 0.338 e. The summed E-state index contributed by atoms with van der Waals surface area (Å²) in [7, 11) is 0. The Bertz CT molecular complexity index is 583. The number of phenolic OH excluding ortho intramolecular Hbond substituents is 1. The van der Waals surface area contributed by atoms with Gasteiger partial charge in [-0.1, -0.05) is 6.07 Å². The molecule has 0 radical (unpaired) electrons. The largest absolute Gasteiger partial charge is 0.505 e. The summed E-state index contributed by atoms with van der Waals surface area (Å²) in [6.45, 7) is 2.07. The van der Waals surface area contributed by atoms with Gasteiger partial charge < -0.3 is 9.84 Å². The highest BCUT2D eigenvalue weighted by atomic mass is 127. The van der Waals surface area contributed by atoms with Gasteiger partial charge in [-0.25, -0.2) is 4.79 Å². The molecule has 5 heteroatoms. The molecular weight excluding hydrogens is 333 g/mol. The molecule has 0 aliphatic carbocycles. The Balaban J connectivity index is 2.71. The third-order valence-electron chi connectivity index (χ3n) is 2.31. The van der Waals surface area contributed by atoms with Crippen LogP contribution in [0.25, 0.3) is 10.9 Å². The molecule has 0 amide bonds. The van der Waals surface area contributed by atoms with Gasteiger partial charge in [0, 0.05) is 11.6 Å². The first kappa shape index (κ1) is 12.1. The number of hydrogen-bond donors (Lipinski definition) is 1. The van der Waals surface area contributed by atoms with Gasteiger partial charge in [0.15, 0.2) is 5.75 Å². The second-order valence-electron chi connectivity index (χ2n) is 3.37. The highest BCUT2D eigenvalue weighted by molar-refractivity contribution is 14.1. The first-order valence-electron chi connectivity index (χ1n) is 5.08. The number of pyridine rings is 1. The Morgan fingerprint density at radius 3 is 3.06 bits per heavy atom. The van der Waals surface area contributed by atoms with Crippen LogP contribution in [-0.2, 0) is 4.74 Å². The second kappa shape index (κ2) is 4.87. The molecule has 0 aliphatic heterocycles. The number of halogens is 1. The van der Waals surface area contributed by atoms with E-state index in [-0.39, 0.29) is 5.75 Å². The standard InChI is InChI=1S/C12H10INO3/c1-2-17-12(16)8-6-9(13)11(15)10-7(8)4-3-5-14-10/h3-6,15H,2H2,1H3. The van der Waals surface area contributed by atoms with Crippen molar-refractivity contribution < 1.29 is 14.6 Å². The van der Waals surface area contributed by atoms with Gasteiger partial charge in [-0.3, -0.25) is 4.98 Å². The molecule has 0 fully saturated rings. The quantitative estimate of drug-likeness (QED) is 0.673. The molecule has 4 nitrogen and oxygen atoms in total. The van der Waals surface area contributed by atoms with Crippen LogP contribution < -0.4 is 0 Å². The molecular formula is C12H10INO3. The molecule has 0 saturated carbocycles. The Labute approximate surface area is 112 Å². The Morgan fingerprint density at radius 1 is 1.59 bits per heavy atom. The van der Waals surface area contributed by atoms with Gasteiger partial charge in [-0.2, -0.15) is 0 Å². The van der Waals surface area contributed by atoms with Gasteiger partial charge in [-0.05, 0) is 41.6 Å². The number of rotatable bonds is 2. The Hall–Kier alpha value is -1.37. The van der Waals surface area contributed by atoms with Crippen LogP contribution in [0.4, 0.5) is 0 Å². The van der Waals surface area contributed by atoms with Crippen LogP contribution in [0.3, 0.4) is 0 Å². The van der Waals surface area contributed by atoms with E-state index in [0.29, 0.717) is 26.6 Å². The van der Waals surface area contributed by atoms with E-state index in [4.69, 9.17) is 4.74 Å². The number of benzene rings is 1. The minimum absolute atomic E-state index is 0.0919. The molecule has 1 N–H and O–H groups in total. The topological polar surface area (TPSA) is 59.4 Å². The average Bonchev–Trinajstić information content (AvgIpc) is 2.34. The third-order valence-corrected chi connectivity index (χ3v) is 3.14. The lowest BCUT2D eigenvalue weighted by molar-refractivity contribution is 0.0528. The number of phenols is 1. The van der Waals surface area contributed by atoms with Crippen molar-refractivity contribution in [2.45, 2.75) is 6.92 Å². The molecule has 1 heterocycles. The van der Waals surface area contributed by atoms with Crippen molar-refractivity contribution in [3.05, 3.63) is 33.5 Å². The predicted molar refractivity (Wildman–Crippen MR) is 72.1 cm³/mol. The number of aromatic hydroxyl groups is 1. The molecule has 0 saturated heterocycles. The van der Waals surface area contributed by atoms with E-state index in [1.807, 2.05) is 22.6 Å². The maximum Gasteiger partial charge on any atom is 0.338 e. The fraction of sp³-hybridized carbons (Fsp3) is 0.167. The molecule has 0 aliphatic rings. The van der Waals surface area contributed by atoms with Crippen molar-refractivity contribution in [1.82, 2.24) is 4.98 Å². The number of esters is 1. The summed E-state index contributed by atoms with van der Waals surface area (Å²) in [5.41, 5.74) is 0.847. The molecule has 0 spiro atoms. The first-order chi connectivity index (χ1) is 8.15. The van der Waals surface area contributed by atoms with Gasteiger partial charge in [0.2, 0.25) is 0 Å². The summed E-state index contributed by atoms with van der Waals surface area (Å²) < 4.78 is 5.56. The molecule has 0 unspecified atom stereocenters. The summed E-state index contributed by atoms with van der Waals surface area (Å²) >= 11 is 1.96. The first-order valence-corrected chi connectivity index (χ1v) is 6.16. The van der Waals surface area contributed by atoms with Gasteiger partial charge in [-0.15, -0.1) is 0 Å². The number of ether oxygens (including phenoxy) is 1. The molecule has 17 heavy (non-hydrogen) atoms. The number of fused-ring (bicyclic) bond motifs is 1.